The summed E-state index contributed by atoms with van der Waals surface area (Å²) in [6.45, 7) is 8.59. The predicted octanol–water partition coefficient (Wildman–Crippen LogP) is 7.92. The number of nitrogens with zero attached hydrogens (tertiary/aromatic N) is 3. The third-order valence-corrected chi connectivity index (χ3v) is 6.95. The van der Waals surface area contributed by atoms with Crippen LogP contribution in [-0.4, -0.2) is 22.3 Å². The Kier molecular flexibility index (Phi) is 9.23. The average Bonchev–Trinajstić information content (AvgIpc) is 3.38. The van der Waals surface area contributed by atoms with Gasteiger partial charge in [-0.25, -0.2) is 9.37 Å². The Hall–Kier alpha value is -4.87. The number of imidazole rings is 1. The number of fused-ring (bicyclic) bond motifs is 1. The van der Waals surface area contributed by atoms with Crippen LogP contribution in [0, 0.1) is 24.1 Å². The molecule has 1 aromatic heterocycles. The van der Waals surface area contributed by atoms with E-state index in [0.717, 1.165) is 22.2 Å². The van der Waals surface area contributed by atoms with Crippen molar-refractivity contribution in [2.45, 2.75) is 53.2 Å². The van der Waals surface area contributed by atoms with E-state index in [2.05, 4.69) is 11.4 Å². The minimum atomic E-state index is -0.769. The lowest BCUT2D eigenvalue weighted by Gasteiger charge is -2.24. The summed E-state index contributed by atoms with van der Waals surface area (Å²) in [6, 6.07) is 27.6. The second kappa shape index (κ2) is 13.4. The number of hydrogen-bond donors (Lipinski definition) is 1. The van der Waals surface area contributed by atoms with Gasteiger partial charge in [-0.15, -0.1) is 0 Å². The lowest BCUT2D eigenvalue weighted by Crippen LogP contribution is -2.21. The van der Waals surface area contributed by atoms with Crippen molar-refractivity contribution in [3.05, 3.63) is 119 Å². The normalized spacial score (nSPS) is 11.8. The smallest absolute Gasteiger partial charge is 0.171 e. The first-order valence-electron chi connectivity index (χ1n) is 14.3. The Bertz CT molecular complexity index is 1730. The summed E-state index contributed by atoms with van der Waals surface area (Å²) in [5, 5.41) is 12.8. The van der Waals surface area contributed by atoms with Crippen LogP contribution < -0.4 is 14.8 Å². The zero-order chi connectivity index (χ0) is 30.3. The van der Waals surface area contributed by atoms with Crippen LogP contribution in [0.3, 0.4) is 0 Å². The zero-order valence-electron chi connectivity index (χ0n) is 24.8. The zero-order valence-corrected chi connectivity index (χ0v) is 24.8. The Morgan fingerprint density at radius 1 is 1.00 bits per heavy atom. The van der Waals surface area contributed by atoms with E-state index in [1.807, 2.05) is 80.8 Å². The van der Waals surface area contributed by atoms with Gasteiger partial charge < -0.3 is 24.1 Å². The number of ether oxygens (including phenoxy) is 3. The van der Waals surface area contributed by atoms with E-state index in [0.29, 0.717) is 41.6 Å². The van der Waals surface area contributed by atoms with Crippen molar-refractivity contribution in [1.29, 1.82) is 5.26 Å². The first kappa shape index (κ1) is 29.6. The second-order valence-corrected chi connectivity index (χ2v) is 10.5. The molecule has 0 fully saturated rings. The van der Waals surface area contributed by atoms with Crippen molar-refractivity contribution >= 4 is 16.7 Å². The van der Waals surface area contributed by atoms with E-state index in [-0.39, 0.29) is 18.6 Å². The van der Waals surface area contributed by atoms with E-state index in [4.69, 9.17) is 19.2 Å². The number of halogens is 1. The fraction of sp³-hybridized carbons (Fsp3) is 0.257. The van der Waals surface area contributed by atoms with Crippen molar-refractivity contribution in [2.24, 2.45) is 0 Å². The molecular formula is C35H35FN4O3. The van der Waals surface area contributed by atoms with Gasteiger partial charge in [0.05, 0.1) is 42.0 Å². The van der Waals surface area contributed by atoms with Crippen LogP contribution in [0.2, 0.25) is 0 Å². The Balaban J connectivity index is 1.67. The highest BCUT2D eigenvalue weighted by atomic mass is 19.1. The number of aryl methyl sites for hydroxylation is 1. The average molecular weight is 579 g/mol. The number of benzene rings is 4. The monoisotopic (exact) mass is 578 g/mol. The van der Waals surface area contributed by atoms with E-state index in [9.17, 15) is 5.26 Å². The van der Waals surface area contributed by atoms with E-state index in [1.165, 1.54) is 0 Å². The molecule has 8 heteroatoms. The van der Waals surface area contributed by atoms with Crippen molar-refractivity contribution in [2.75, 3.05) is 11.9 Å². The number of hydrogen-bond acceptors (Lipinski definition) is 6. The van der Waals surface area contributed by atoms with E-state index < -0.39 is 11.9 Å². The second-order valence-electron chi connectivity index (χ2n) is 10.5. The van der Waals surface area contributed by atoms with Crippen LogP contribution in [0.5, 0.6) is 11.5 Å². The molecule has 5 rings (SSSR count). The lowest BCUT2D eigenvalue weighted by molar-refractivity contribution is 0.0644. The molecule has 0 amide bonds. The number of aromatic nitrogens is 2. The standard InChI is InChI=1S/C35H35FN4O3/c1-5-42-28-18-29(32(36)31(19-28)43-23(2)3)34(38-27-16-14-25(20-37)15-17-27)35-39-33-24(4)10-9-13-30(33)40(35)22-41-21-26-11-7-6-8-12-26/h6-19,23,34,38H,5,21-22H2,1-4H3. The fourth-order valence-electron chi connectivity index (χ4n) is 4.97. The third-order valence-electron chi connectivity index (χ3n) is 6.95. The van der Waals surface area contributed by atoms with Crippen molar-refractivity contribution in [3.63, 3.8) is 0 Å². The largest absolute Gasteiger partial charge is 0.494 e. The molecule has 0 aliphatic carbocycles. The molecule has 0 spiro atoms. The quantitative estimate of drug-likeness (QED) is 0.162. The summed E-state index contributed by atoms with van der Waals surface area (Å²) in [6.07, 6.45) is -0.247. The molecule has 1 atom stereocenters. The summed E-state index contributed by atoms with van der Waals surface area (Å²) >= 11 is 0. The fourth-order valence-corrected chi connectivity index (χ4v) is 4.97. The highest BCUT2D eigenvalue weighted by molar-refractivity contribution is 5.80. The highest BCUT2D eigenvalue weighted by Crippen LogP contribution is 2.37. The van der Waals surface area contributed by atoms with Gasteiger partial charge in [0, 0.05) is 17.3 Å². The maximum absolute atomic E-state index is 16.4. The van der Waals surface area contributed by atoms with Crippen molar-refractivity contribution < 1.29 is 18.6 Å². The molecule has 220 valence electrons. The van der Waals surface area contributed by atoms with Gasteiger partial charge in [0.25, 0.3) is 0 Å². The SMILES string of the molecule is CCOc1cc(OC(C)C)c(F)c(C(Nc2ccc(C#N)cc2)c2nc3c(C)cccc3n2COCc2ccccc2)c1. The van der Waals surface area contributed by atoms with Gasteiger partial charge in [0.15, 0.2) is 11.6 Å². The van der Waals surface area contributed by atoms with E-state index in [1.54, 1.807) is 36.4 Å². The van der Waals surface area contributed by atoms with Crippen LogP contribution in [-0.2, 0) is 18.1 Å². The number of nitriles is 1. The Labute approximate surface area is 251 Å². The Morgan fingerprint density at radius 2 is 1.77 bits per heavy atom. The first-order chi connectivity index (χ1) is 20.9. The summed E-state index contributed by atoms with van der Waals surface area (Å²) < 4.78 is 36.3. The van der Waals surface area contributed by atoms with Crippen LogP contribution in [0.4, 0.5) is 10.1 Å². The van der Waals surface area contributed by atoms with Gasteiger partial charge in [-0.3, -0.25) is 0 Å². The molecule has 0 saturated heterocycles. The summed E-state index contributed by atoms with van der Waals surface area (Å²) in [4.78, 5) is 5.07. The molecule has 0 saturated carbocycles. The number of anilines is 1. The highest BCUT2D eigenvalue weighted by Gasteiger charge is 2.28. The lowest BCUT2D eigenvalue weighted by atomic mass is 10.0. The van der Waals surface area contributed by atoms with Gasteiger partial charge in [0.1, 0.15) is 24.3 Å². The number of rotatable bonds is 12. The number of nitrogens with one attached hydrogen (secondary N) is 1. The molecule has 1 heterocycles. The van der Waals surface area contributed by atoms with Crippen LogP contribution in [0.15, 0.2) is 84.9 Å². The molecule has 0 bridgehead atoms. The molecule has 0 aliphatic heterocycles. The predicted molar refractivity (Wildman–Crippen MR) is 166 cm³/mol. The van der Waals surface area contributed by atoms with Crippen molar-refractivity contribution in [3.8, 4) is 17.6 Å². The van der Waals surface area contributed by atoms with E-state index >= 15 is 4.39 Å². The molecule has 1 N–H and O–H groups in total. The molecule has 1 unspecified atom stereocenters. The third kappa shape index (κ3) is 6.79. The topological polar surface area (TPSA) is 81.3 Å². The minimum Gasteiger partial charge on any atom is -0.494 e. The van der Waals surface area contributed by atoms with Crippen LogP contribution >= 0.6 is 0 Å². The molecular weight excluding hydrogens is 543 g/mol. The van der Waals surface area contributed by atoms with Gasteiger partial charge >= 0.3 is 0 Å². The van der Waals surface area contributed by atoms with Gasteiger partial charge in [-0.05, 0) is 75.2 Å². The first-order valence-corrected chi connectivity index (χ1v) is 14.3. The maximum Gasteiger partial charge on any atom is 0.171 e. The molecule has 0 aliphatic rings. The molecule has 5 aromatic rings. The number of para-hydroxylation sites is 1. The molecule has 0 radical (unpaired) electrons. The van der Waals surface area contributed by atoms with Crippen molar-refractivity contribution in [1.82, 2.24) is 9.55 Å². The van der Waals surface area contributed by atoms with Crippen LogP contribution in [0.1, 0.15) is 54.9 Å². The van der Waals surface area contributed by atoms with Gasteiger partial charge in [-0.2, -0.15) is 5.26 Å². The maximum atomic E-state index is 16.4. The summed E-state index contributed by atoms with van der Waals surface area (Å²) in [7, 11) is 0. The molecule has 43 heavy (non-hydrogen) atoms. The summed E-state index contributed by atoms with van der Waals surface area (Å²) in [5.74, 6) is 0.635. The van der Waals surface area contributed by atoms with Crippen LogP contribution in [0.25, 0.3) is 11.0 Å². The van der Waals surface area contributed by atoms with Gasteiger partial charge in [-0.1, -0.05) is 42.5 Å². The molecule has 7 nitrogen and oxygen atoms in total. The molecule has 4 aromatic carbocycles. The summed E-state index contributed by atoms with van der Waals surface area (Å²) in [5.41, 5.74) is 5.23. The minimum absolute atomic E-state index is 0.0988. The Morgan fingerprint density at radius 3 is 2.47 bits per heavy atom. The van der Waals surface area contributed by atoms with Gasteiger partial charge in [0.2, 0.25) is 0 Å².